The van der Waals surface area contributed by atoms with Gasteiger partial charge in [0.1, 0.15) is 17.8 Å². The third-order valence-electron chi connectivity index (χ3n) is 6.18. The van der Waals surface area contributed by atoms with Crippen molar-refractivity contribution in [3.05, 3.63) is 52.3 Å². The van der Waals surface area contributed by atoms with E-state index in [2.05, 4.69) is 5.10 Å². The smallest absolute Gasteiger partial charge is 0.416 e. The monoisotopic (exact) mass is 553 g/mol. The lowest BCUT2D eigenvalue weighted by Crippen LogP contribution is -2.31. The SMILES string of the molecule is CCN(Cc1cc(C(F)(F)F)ccc1-c1nn(CC(=O)OC(C)(C)C)c2ccc(Cl)c(F)c12)C(=O)C1CC1. The summed E-state index contributed by atoms with van der Waals surface area (Å²) in [6.45, 7) is 6.67. The lowest BCUT2D eigenvalue weighted by Gasteiger charge is -2.23. The lowest BCUT2D eigenvalue weighted by molar-refractivity contribution is -0.155. The van der Waals surface area contributed by atoms with Gasteiger partial charge in [0.2, 0.25) is 5.91 Å². The molecule has 4 rings (SSSR count). The van der Waals surface area contributed by atoms with E-state index in [1.165, 1.54) is 27.8 Å². The molecule has 0 bridgehead atoms. The van der Waals surface area contributed by atoms with E-state index in [4.69, 9.17) is 16.3 Å². The van der Waals surface area contributed by atoms with Crippen LogP contribution >= 0.6 is 11.6 Å². The summed E-state index contributed by atoms with van der Waals surface area (Å²) in [5.74, 6) is -1.70. The summed E-state index contributed by atoms with van der Waals surface area (Å²) in [7, 11) is 0. The molecule has 0 saturated heterocycles. The van der Waals surface area contributed by atoms with Crippen LogP contribution in [-0.4, -0.2) is 38.7 Å². The first-order valence-electron chi connectivity index (χ1n) is 12.2. The van der Waals surface area contributed by atoms with Gasteiger partial charge in [-0.1, -0.05) is 17.7 Å². The van der Waals surface area contributed by atoms with Gasteiger partial charge in [0.05, 0.1) is 21.5 Å². The molecule has 1 aromatic heterocycles. The van der Waals surface area contributed by atoms with Gasteiger partial charge in [-0.05, 0) is 70.4 Å². The maximum atomic E-state index is 15.4. The van der Waals surface area contributed by atoms with Gasteiger partial charge in [0.25, 0.3) is 0 Å². The summed E-state index contributed by atoms with van der Waals surface area (Å²) < 4.78 is 62.9. The number of halogens is 5. The van der Waals surface area contributed by atoms with Crippen molar-refractivity contribution in [3.8, 4) is 11.3 Å². The van der Waals surface area contributed by atoms with E-state index in [0.29, 0.717) is 6.54 Å². The maximum Gasteiger partial charge on any atom is 0.416 e. The van der Waals surface area contributed by atoms with Crippen molar-refractivity contribution in [2.75, 3.05) is 6.54 Å². The second-order valence-corrected chi connectivity index (χ2v) is 10.8. The average molecular weight is 554 g/mol. The van der Waals surface area contributed by atoms with Crippen LogP contribution in [0.25, 0.3) is 22.2 Å². The third-order valence-corrected chi connectivity index (χ3v) is 6.47. The Morgan fingerprint density at radius 3 is 2.42 bits per heavy atom. The number of alkyl halides is 3. The fourth-order valence-corrected chi connectivity index (χ4v) is 4.44. The number of carbonyl (C=O) groups is 2. The number of ether oxygens (including phenoxy) is 1. The van der Waals surface area contributed by atoms with Gasteiger partial charge in [-0.2, -0.15) is 18.3 Å². The van der Waals surface area contributed by atoms with Gasteiger partial charge in [0.15, 0.2) is 5.82 Å². The van der Waals surface area contributed by atoms with Gasteiger partial charge in [-0.15, -0.1) is 0 Å². The molecule has 204 valence electrons. The van der Waals surface area contributed by atoms with Crippen LogP contribution in [0.4, 0.5) is 17.6 Å². The molecule has 1 amide bonds. The summed E-state index contributed by atoms with van der Waals surface area (Å²) in [6.07, 6.45) is -3.14. The Balaban J connectivity index is 1.87. The summed E-state index contributed by atoms with van der Waals surface area (Å²) in [4.78, 5) is 26.8. The van der Waals surface area contributed by atoms with Gasteiger partial charge in [-0.25, -0.2) is 4.39 Å². The van der Waals surface area contributed by atoms with Crippen molar-refractivity contribution in [2.45, 2.75) is 65.4 Å². The zero-order valence-electron chi connectivity index (χ0n) is 21.5. The standard InChI is InChI=1S/C27H28ClF4N3O3/c1-5-34(25(37)15-6-7-15)13-16-12-17(27(30,31)32)8-9-18(16)24-22-20(11-10-19(28)23(22)29)35(33-24)14-21(36)38-26(2,3)4/h8-12,15H,5-7,13-14H2,1-4H3. The van der Waals surface area contributed by atoms with Crippen molar-refractivity contribution in [1.29, 1.82) is 0 Å². The molecule has 0 spiro atoms. The summed E-state index contributed by atoms with van der Waals surface area (Å²) >= 11 is 6.06. The van der Waals surface area contributed by atoms with Crippen molar-refractivity contribution >= 4 is 34.4 Å². The minimum atomic E-state index is -4.63. The number of aromatic nitrogens is 2. The van der Waals surface area contributed by atoms with Crippen molar-refractivity contribution in [2.24, 2.45) is 5.92 Å². The number of amides is 1. The minimum absolute atomic E-state index is 0.0159. The second kappa shape index (κ2) is 10.2. The molecule has 38 heavy (non-hydrogen) atoms. The zero-order valence-corrected chi connectivity index (χ0v) is 22.2. The Bertz CT molecular complexity index is 1390. The predicted molar refractivity (Wildman–Crippen MR) is 135 cm³/mol. The van der Waals surface area contributed by atoms with E-state index in [1.54, 1.807) is 27.7 Å². The number of fused-ring (bicyclic) bond motifs is 1. The fourth-order valence-electron chi connectivity index (χ4n) is 4.28. The largest absolute Gasteiger partial charge is 0.459 e. The number of hydrogen-bond acceptors (Lipinski definition) is 4. The third kappa shape index (κ3) is 5.95. The summed E-state index contributed by atoms with van der Waals surface area (Å²) in [6, 6.07) is 5.86. The highest BCUT2D eigenvalue weighted by Gasteiger charge is 2.35. The zero-order chi connectivity index (χ0) is 28.0. The Hall–Kier alpha value is -3.14. The molecule has 0 atom stereocenters. The van der Waals surface area contributed by atoms with Crippen LogP contribution in [0, 0.1) is 11.7 Å². The molecular formula is C27H28ClF4N3O3. The van der Waals surface area contributed by atoms with E-state index in [9.17, 15) is 22.8 Å². The molecule has 0 aliphatic heterocycles. The van der Waals surface area contributed by atoms with Crippen molar-refractivity contribution in [3.63, 3.8) is 0 Å². The highest BCUT2D eigenvalue weighted by molar-refractivity contribution is 6.31. The molecule has 0 N–H and O–H groups in total. The van der Waals surface area contributed by atoms with Crippen LogP contribution in [0.3, 0.4) is 0 Å². The summed E-state index contributed by atoms with van der Waals surface area (Å²) in [5, 5.41) is 4.19. The minimum Gasteiger partial charge on any atom is -0.459 e. The number of carbonyl (C=O) groups excluding carboxylic acids is 2. The first-order chi connectivity index (χ1) is 17.7. The number of benzene rings is 2. The topological polar surface area (TPSA) is 64.4 Å². The van der Waals surface area contributed by atoms with Crippen LogP contribution in [0.1, 0.15) is 51.7 Å². The first-order valence-corrected chi connectivity index (χ1v) is 12.6. The maximum absolute atomic E-state index is 15.4. The normalized spacial score (nSPS) is 14.1. The number of hydrogen-bond donors (Lipinski definition) is 0. The van der Waals surface area contributed by atoms with Gasteiger partial charge in [0, 0.05) is 24.6 Å². The average Bonchev–Trinajstić information content (AvgIpc) is 3.60. The molecule has 6 nitrogen and oxygen atoms in total. The first kappa shape index (κ1) is 27.9. The van der Waals surface area contributed by atoms with Gasteiger partial charge in [-0.3, -0.25) is 14.3 Å². The Kier molecular flexibility index (Phi) is 7.49. The van der Waals surface area contributed by atoms with Crippen molar-refractivity contribution < 1.29 is 31.9 Å². The van der Waals surface area contributed by atoms with Crippen LogP contribution in [-0.2, 0) is 33.6 Å². The van der Waals surface area contributed by atoms with Crippen LogP contribution in [0.5, 0.6) is 0 Å². The highest BCUT2D eigenvalue weighted by Crippen LogP contribution is 2.39. The Morgan fingerprint density at radius 2 is 1.84 bits per heavy atom. The van der Waals surface area contributed by atoms with Crippen LogP contribution in [0.15, 0.2) is 30.3 Å². The number of nitrogens with zero attached hydrogens (tertiary/aromatic N) is 3. The van der Waals surface area contributed by atoms with Gasteiger partial charge < -0.3 is 9.64 Å². The summed E-state index contributed by atoms with van der Waals surface area (Å²) in [5.41, 5.74) is -1.08. The van der Waals surface area contributed by atoms with E-state index in [0.717, 1.165) is 25.0 Å². The molecule has 1 aliphatic rings. The van der Waals surface area contributed by atoms with Gasteiger partial charge >= 0.3 is 12.1 Å². The predicted octanol–water partition coefficient (Wildman–Crippen LogP) is 6.61. The Morgan fingerprint density at radius 1 is 1.16 bits per heavy atom. The van der Waals surface area contributed by atoms with E-state index in [1.807, 2.05) is 0 Å². The molecule has 11 heteroatoms. The van der Waals surface area contributed by atoms with E-state index < -0.39 is 29.1 Å². The molecule has 1 aliphatic carbocycles. The van der Waals surface area contributed by atoms with Crippen LogP contribution in [0.2, 0.25) is 5.02 Å². The molecule has 1 fully saturated rings. The number of rotatable bonds is 7. The second-order valence-electron chi connectivity index (χ2n) is 10.3. The van der Waals surface area contributed by atoms with Crippen LogP contribution < -0.4 is 0 Å². The van der Waals surface area contributed by atoms with E-state index >= 15 is 4.39 Å². The Labute approximate surface area is 222 Å². The molecule has 0 radical (unpaired) electrons. The highest BCUT2D eigenvalue weighted by atomic mass is 35.5. The molecule has 3 aromatic rings. The van der Waals surface area contributed by atoms with E-state index in [-0.39, 0.29) is 57.7 Å². The molecular weight excluding hydrogens is 526 g/mol. The molecule has 1 heterocycles. The van der Waals surface area contributed by atoms with Crippen molar-refractivity contribution in [1.82, 2.24) is 14.7 Å². The molecule has 2 aromatic carbocycles. The quantitative estimate of drug-likeness (QED) is 0.244. The lowest BCUT2D eigenvalue weighted by atomic mass is 9.98. The number of esters is 1. The molecule has 1 saturated carbocycles. The fraction of sp³-hybridized carbons (Fsp3) is 0.444. The molecule has 0 unspecified atom stereocenters.